The van der Waals surface area contributed by atoms with E-state index < -0.39 is 0 Å². The van der Waals surface area contributed by atoms with E-state index in [9.17, 15) is 4.79 Å². The Balaban J connectivity index is 0.00000106. The van der Waals surface area contributed by atoms with Gasteiger partial charge in [-0.25, -0.2) is 4.98 Å². The average Bonchev–Trinajstić information content (AvgIpc) is 3.65. The van der Waals surface area contributed by atoms with E-state index >= 15 is 0 Å². The average molecular weight is 560 g/mol. The highest BCUT2D eigenvalue weighted by Crippen LogP contribution is 2.29. The molecule has 0 aliphatic carbocycles. The van der Waals surface area contributed by atoms with Crippen LogP contribution in [0.1, 0.15) is 87.6 Å². The lowest BCUT2D eigenvalue weighted by atomic mass is 9.96. The minimum Gasteiger partial charge on any atom is -0.357 e. The van der Waals surface area contributed by atoms with Crippen molar-refractivity contribution in [1.29, 1.82) is 0 Å². The lowest BCUT2D eigenvalue weighted by Crippen LogP contribution is -2.35. The Bertz CT molecular complexity index is 1320. The number of benzene rings is 1. The molecule has 3 atom stereocenters. The van der Waals surface area contributed by atoms with Gasteiger partial charge >= 0.3 is 0 Å². The molecule has 2 unspecified atom stereocenters. The molecule has 4 aromatic rings. The van der Waals surface area contributed by atoms with Crippen molar-refractivity contribution in [2.45, 2.75) is 78.1 Å². The van der Waals surface area contributed by atoms with Crippen LogP contribution in [0.15, 0.2) is 67.0 Å². The minimum absolute atomic E-state index is 0.161. The molecular weight excluding hydrogens is 514 g/mol. The molecule has 6 nitrogen and oxygen atoms in total. The van der Waals surface area contributed by atoms with Gasteiger partial charge in [-0.3, -0.25) is 14.7 Å². The highest BCUT2D eigenvalue weighted by Gasteiger charge is 2.29. The molecule has 0 saturated carbocycles. The number of carbonyl (C=O) groups is 1. The molecule has 0 bridgehead atoms. The van der Waals surface area contributed by atoms with Crippen molar-refractivity contribution in [3.63, 3.8) is 0 Å². The molecule has 3 aromatic heterocycles. The molecule has 1 aromatic carbocycles. The minimum atomic E-state index is -0.170. The molecule has 40 heavy (non-hydrogen) atoms. The van der Waals surface area contributed by atoms with Crippen LogP contribution in [0, 0.1) is 0 Å². The van der Waals surface area contributed by atoms with Gasteiger partial charge in [0.05, 0.1) is 5.52 Å². The number of hydrogen-bond acceptors (Lipinski definition) is 5. The zero-order chi connectivity index (χ0) is 29.1. The van der Waals surface area contributed by atoms with E-state index in [-0.39, 0.29) is 11.8 Å². The third-order valence-corrected chi connectivity index (χ3v) is 8.36. The highest BCUT2D eigenvalue weighted by molar-refractivity contribution is 7.99. The van der Waals surface area contributed by atoms with Crippen LogP contribution in [0.25, 0.3) is 10.9 Å². The van der Waals surface area contributed by atoms with Gasteiger partial charge in [0.1, 0.15) is 5.82 Å². The Morgan fingerprint density at radius 3 is 2.50 bits per heavy atom. The summed E-state index contributed by atoms with van der Waals surface area (Å²) in [6.45, 7) is 14.5. The maximum Gasteiger partial charge on any atom is 0.256 e. The Morgan fingerprint density at radius 2 is 1.82 bits per heavy atom. The molecule has 1 saturated heterocycles. The van der Waals surface area contributed by atoms with E-state index in [1.54, 1.807) is 6.20 Å². The fourth-order valence-corrected chi connectivity index (χ4v) is 5.73. The number of aromatic nitrogens is 3. The first kappa shape index (κ1) is 31.4. The van der Waals surface area contributed by atoms with Gasteiger partial charge < -0.3 is 10.3 Å². The molecule has 1 aliphatic heterocycles. The second-order valence-corrected chi connectivity index (χ2v) is 10.8. The molecule has 1 fully saturated rings. The smallest absolute Gasteiger partial charge is 0.256 e. The first-order valence-corrected chi connectivity index (χ1v) is 15.9. The van der Waals surface area contributed by atoms with Crippen molar-refractivity contribution >= 4 is 34.4 Å². The third kappa shape index (κ3) is 7.73. The van der Waals surface area contributed by atoms with E-state index in [2.05, 4.69) is 51.3 Å². The van der Waals surface area contributed by atoms with Crippen LogP contribution in [0.5, 0.6) is 0 Å². The maximum atomic E-state index is 12.9. The predicted octanol–water partition coefficient (Wildman–Crippen LogP) is 8.13. The summed E-state index contributed by atoms with van der Waals surface area (Å²) in [5.74, 6) is 0.535. The SMILES string of the molecule is CC.CC.CS[C@H](C)C1CCCN1Cc1cc2cnc(NC(=O)c3ccc(C(C)c4ccccn4)cc3)cc2[nH]1. The maximum absolute atomic E-state index is 12.9. The van der Waals surface area contributed by atoms with Crippen molar-refractivity contribution in [1.82, 2.24) is 19.9 Å². The molecule has 0 spiro atoms. The highest BCUT2D eigenvalue weighted by atomic mass is 32.2. The number of likely N-dealkylation sites (tertiary alicyclic amines) is 1. The molecule has 4 heterocycles. The van der Waals surface area contributed by atoms with Gasteiger partial charge in [-0.2, -0.15) is 11.8 Å². The summed E-state index contributed by atoms with van der Waals surface area (Å²) < 4.78 is 0. The van der Waals surface area contributed by atoms with Gasteiger partial charge in [0.15, 0.2) is 0 Å². The van der Waals surface area contributed by atoms with E-state index in [1.165, 1.54) is 18.5 Å². The van der Waals surface area contributed by atoms with Crippen LogP contribution in [0.3, 0.4) is 0 Å². The molecular formula is C33H45N5OS. The lowest BCUT2D eigenvalue weighted by molar-refractivity contribution is 0.102. The number of H-pyrrole nitrogens is 1. The van der Waals surface area contributed by atoms with Gasteiger partial charge in [-0.05, 0) is 61.5 Å². The number of carbonyl (C=O) groups excluding carboxylic acids is 1. The number of thioether (sulfide) groups is 1. The monoisotopic (exact) mass is 559 g/mol. The fourth-order valence-electron chi connectivity index (χ4n) is 5.11. The van der Waals surface area contributed by atoms with Gasteiger partial charge in [0, 0.05) is 64.6 Å². The van der Waals surface area contributed by atoms with E-state index in [4.69, 9.17) is 0 Å². The number of pyridine rings is 2. The Morgan fingerprint density at radius 1 is 1.07 bits per heavy atom. The molecule has 1 amide bonds. The number of anilines is 1. The molecule has 7 heteroatoms. The first-order valence-electron chi connectivity index (χ1n) is 14.6. The summed E-state index contributed by atoms with van der Waals surface area (Å²) in [6, 6.07) is 18.3. The van der Waals surface area contributed by atoms with Crippen LogP contribution in [-0.4, -0.2) is 49.9 Å². The number of amides is 1. The molecule has 1 aliphatic rings. The van der Waals surface area contributed by atoms with Crippen LogP contribution >= 0.6 is 11.8 Å². The van der Waals surface area contributed by atoms with E-state index in [0.29, 0.717) is 22.7 Å². The summed E-state index contributed by atoms with van der Waals surface area (Å²) in [5, 5.41) is 4.64. The second-order valence-electron chi connectivity index (χ2n) is 9.62. The van der Waals surface area contributed by atoms with Crippen LogP contribution in [0.2, 0.25) is 0 Å². The zero-order valence-corrected chi connectivity index (χ0v) is 25.9. The van der Waals surface area contributed by atoms with Crippen molar-refractivity contribution in [3.8, 4) is 0 Å². The molecule has 0 radical (unpaired) electrons. The van der Waals surface area contributed by atoms with Gasteiger partial charge in [0.25, 0.3) is 5.91 Å². The standard InChI is InChI=1S/C29H33N5OS.2C2H6/c1-19(25-7-4-5-13-30-25)21-9-11-22(12-10-21)29(35)33-28-16-26-23(17-31-28)15-24(32-26)18-34-14-6-8-27(34)20(2)36-3;2*1-2/h4-5,7,9-13,15-17,19-20,27,32H,6,8,14,18H2,1-3H3,(H,31,33,35);2*1-2H3/t19?,20-,27?;;/m1../s1. The number of nitrogens with one attached hydrogen (secondary N) is 2. The quantitative estimate of drug-likeness (QED) is 0.228. The van der Waals surface area contributed by atoms with Crippen molar-refractivity contribution < 1.29 is 4.79 Å². The van der Waals surface area contributed by atoms with Crippen molar-refractivity contribution in [2.75, 3.05) is 18.1 Å². The lowest BCUT2D eigenvalue weighted by Gasteiger charge is -2.28. The van der Waals surface area contributed by atoms with Gasteiger partial charge in [-0.1, -0.05) is 59.7 Å². The molecule has 2 N–H and O–H groups in total. The number of aromatic amines is 1. The number of hydrogen-bond donors (Lipinski definition) is 2. The van der Waals surface area contributed by atoms with Crippen LogP contribution in [0.4, 0.5) is 5.82 Å². The van der Waals surface area contributed by atoms with E-state index in [0.717, 1.165) is 35.2 Å². The second kappa shape index (κ2) is 15.6. The third-order valence-electron chi connectivity index (χ3n) is 7.31. The summed E-state index contributed by atoms with van der Waals surface area (Å²) in [5.41, 5.74) is 4.91. The van der Waals surface area contributed by atoms with Crippen LogP contribution in [-0.2, 0) is 6.54 Å². The number of rotatable bonds is 8. The summed E-state index contributed by atoms with van der Waals surface area (Å²) in [6.07, 6.45) is 8.36. The Kier molecular flexibility index (Phi) is 12.2. The Hall–Kier alpha value is -3.16. The fraction of sp³-hybridized carbons (Fsp3) is 0.424. The Labute approximate surface area is 244 Å². The van der Waals surface area contributed by atoms with Crippen molar-refractivity contribution in [2.24, 2.45) is 0 Å². The predicted molar refractivity (Wildman–Crippen MR) is 171 cm³/mol. The summed E-state index contributed by atoms with van der Waals surface area (Å²) in [7, 11) is 0. The number of nitrogens with zero attached hydrogens (tertiary/aromatic N) is 3. The zero-order valence-electron chi connectivity index (χ0n) is 25.1. The number of fused-ring (bicyclic) bond motifs is 1. The van der Waals surface area contributed by atoms with E-state index in [1.807, 2.05) is 94.2 Å². The molecule has 214 valence electrons. The normalized spacial score (nSPS) is 16.3. The van der Waals surface area contributed by atoms with Gasteiger partial charge in [-0.15, -0.1) is 0 Å². The molecule has 5 rings (SSSR count). The summed E-state index contributed by atoms with van der Waals surface area (Å²) in [4.78, 5) is 27.9. The van der Waals surface area contributed by atoms with Crippen molar-refractivity contribution in [3.05, 3.63) is 89.5 Å². The topological polar surface area (TPSA) is 73.9 Å². The van der Waals surface area contributed by atoms with Crippen LogP contribution < -0.4 is 5.32 Å². The summed E-state index contributed by atoms with van der Waals surface area (Å²) >= 11 is 1.94. The first-order chi connectivity index (χ1) is 19.5. The van der Waals surface area contributed by atoms with Gasteiger partial charge in [0.2, 0.25) is 0 Å². The largest absolute Gasteiger partial charge is 0.357 e.